The third kappa shape index (κ3) is 4.26. The van der Waals surface area contributed by atoms with Crippen LogP contribution in [0.4, 0.5) is 0 Å². The maximum absolute atomic E-state index is 13.0. The molecular formula is C22H22N2O3. The van der Waals surface area contributed by atoms with Gasteiger partial charge in [-0.3, -0.25) is 9.78 Å². The molecule has 0 N–H and O–H groups in total. The summed E-state index contributed by atoms with van der Waals surface area (Å²) in [6, 6.07) is 17.1. The lowest BCUT2D eigenvalue weighted by Gasteiger charge is -2.32. The molecule has 5 heteroatoms. The second-order valence-corrected chi connectivity index (χ2v) is 6.71. The van der Waals surface area contributed by atoms with Crippen molar-refractivity contribution in [2.45, 2.75) is 25.6 Å². The van der Waals surface area contributed by atoms with E-state index < -0.39 is 0 Å². The van der Waals surface area contributed by atoms with E-state index in [1.807, 2.05) is 59.5 Å². The van der Waals surface area contributed by atoms with Gasteiger partial charge in [0.2, 0.25) is 0 Å². The Hall–Kier alpha value is -2.92. The van der Waals surface area contributed by atoms with Gasteiger partial charge in [0.15, 0.2) is 0 Å². The van der Waals surface area contributed by atoms with E-state index >= 15 is 0 Å². The smallest absolute Gasteiger partial charge is 0.253 e. The molecule has 0 radical (unpaired) electrons. The maximum atomic E-state index is 13.0. The van der Waals surface area contributed by atoms with Crippen molar-refractivity contribution in [3.63, 3.8) is 0 Å². The summed E-state index contributed by atoms with van der Waals surface area (Å²) in [5.74, 6) is 0.800. The van der Waals surface area contributed by atoms with Crippen molar-refractivity contribution in [1.29, 1.82) is 0 Å². The van der Waals surface area contributed by atoms with Crippen molar-refractivity contribution in [2.75, 3.05) is 13.1 Å². The van der Waals surface area contributed by atoms with Crippen molar-refractivity contribution >= 4 is 5.91 Å². The van der Waals surface area contributed by atoms with Gasteiger partial charge < -0.3 is 14.1 Å². The fourth-order valence-electron chi connectivity index (χ4n) is 3.38. The highest BCUT2D eigenvalue weighted by Gasteiger charge is 2.25. The average molecular weight is 362 g/mol. The Labute approximate surface area is 158 Å². The van der Waals surface area contributed by atoms with Crippen molar-refractivity contribution < 1.29 is 13.9 Å². The molecule has 1 atom stereocenters. The van der Waals surface area contributed by atoms with E-state index in [9.17, 15) is 4.79 Å². The normalized spacial score (nSPS) is 17.0. The van der Waals surface area contributed by atoms with E-state index in [-0.39, 0.29) is 12.0 Å². The van der Waals surface area contributed by atoms with Gasteiger partial charge in [0.05, 0.1) is 24.7 Å². The van der Waals surface area contributed by atoms with Gasteiger partial charge in [-0.15, -0.1) is 0 Å². The molecule has 3 aromatic rings. The molecule has 1 aliphatic heterocycles. The summed E-state index contributed by atoms with van der Waals surface area (Å²) in [4.78, 5) is 19.1. The number of piperidine rings is 1. The number of aromatic nitrogens is 1. The summed E-state index contributed by atoms with van der Waals surface area (Å²) in [5, 5.41) is 0. The van der Waals surface area contributed by atoms with Crippen LogP contribution in [0.1, 0.15) is 28.9 Å². The van der Waals surface area contributed by atoms with Crippen LogP contribution in [0.3, 0.4) is 0 Å². The van der Waals surface area contributed by atoms with Crippen molar-refractivity contribution in [1.82, 2.24) is 9.88 Å². The van der Waals surface area contributed by atoms with Crippen molar-refractivity contribution in [2.24, 2.45) is 0 Å². The number of ether oxygens (including phenoxy) is 1. The molecule has 27 heavy (non-hydrogen) atoms. The first-order chi connectivity index (χ1) is 13.3. The lowest BCUT2D eigenvalue weighted by Crippen LogP contribution is -2.43. The van der Waals surface area contributed by atoms with Gasteiger partial charge >= 0.3 is 0 Å². The van der Waals surface area contributed by atoms with Gasteiger partial charge in [-0.25, -0.2) is 0 Å². The lowest BCUT2D eigenvalue weighted by atomic mass is 10.0. The van der Waals surface area contributed by atoms with Gasteiger partial charge in [0.25, 0.3) is 5.91 Å². The van der Waals surface area contributed by atoms with Crippen LogP contribution < -0.4 is 0 Å². The van der Waals surface area contributed by atoms with E-state index in [1.165, 1.54) is 0 Å². The predicted octanol–water partition coefficient (Wildman–Crippen LogP) is 4.16. The Kier molecular flexibility index (Phi) is 5.30. The zero-order chi connectivity index (χ0) is 18.5. The minimum absolute atomic E-state index is 0.0366. The molecule has 3 heterocycles. The van der Waals surface area contributed by atoms with E-state index in [0.717, 1.165) is 36.4 Å². The average Bonchev–Trinajstić information content (AvgIpc) is 3.28. The third-order valence-electron chi connectivity index (χ3n) is 4.77. The van der Waals surface area contributed by atoms with E-state index in [0.29, 0.717) is 18.7 Å². The van der Waals surface area contributed by atoms with Gasteiger partial charge in [0, 0.05) is 30.4 Å². The first-order valence-corrected chi connectivity index (χ1v) is 9.24. The Bertz CT molecular complexity index is 878. The second kappa shape index (κ2) is 8.18. The first kappa shape index (κ1) is 17.5. The van der Waals surface area contributed by atoms with Crippen LogP contribution in [0.2, 0.25) is 0 Å². The number of likely N-dealkylation sites (tertiary alicyclic amines) is 1. The van der Waals surface area contributed by atoms with E-state index in [4.69, 9.17) is 9.15 Å². The summed E-state index contributed by atoms with van der Waals surface area (Å²) in [6.45, 7) is 1.84. The maximum Gasteiger partial charge on any atom is 0.253 e. The van der Waals surface area contributed by atoms with Gasteiger partial charge in [-0.1, -0.05) is 18.2 Å². The van der Waals surface area contributed by atoms with Crippen molar-refractivity contribution in [3.05, 3.63) is 78.3 Å². The third-order valence-corrected chi connectivity index (χ3v) is 4.77. The highest BCUT2D eigenvalue weighted by atomic mass is 16.5. The fraction of sp³-hybridized carbons (Fsp3) is 0.273. The molecule has 138 valence electrons. The molecule has 1 aromatic carbocycles. The molecule has 0 unspecified atom stereocenters. The number of benzene rings is 1. The molecule has 1 aliphatic rings. The monoisotopic (exact) mass is 362 g/mol. The first-order valence-electron chi connectivity index (χ1n) is 9.24. The zero-order valence-electron chi connectivity index (χ0n) is 15.1. The summed E-state index contributed by atoms with van der Waals surface area (Å²) in [5.41, 5.74) is 2.49. The molecule has 1 amide bonds. The molecular weight excluding hydrogens is 340 g/mol. The Morgan fingerprint density at radius 2 is 2.15 bits per heavy atom. The number of hydrogen-bond acceptors (Lipinski definition) is 4. The van der Waals surface area contributed by atoms with Crippen LogP contribution >= 0.6 is 0 Å². The summed E-state index contributed by atoms with van der Waals surface area (Å²) >= 11 is 0. The van der Waals surface area contributed by atoms with E-state index in [2.05, 4.69) is 4.98 Å². The number of furan rings is 1. The molecule has 1 saturated heterocycles. The molecule has 0 bridgehead atoms. The van der Waals surface area contributed by atoms with Crippen LogP contribution in [0, 0.1) is 0 Å². The minimum Gasteiger partial charge on any atom is -0.464 e. The number of carbonyl (C=O) groups is 1. The topological polar surface area (TPSA) is 55.6 Å². The molecule has 5 nitrogen and oxygen atoms in total. The molecule has 4 rings (SSSR count). The van der Waals surface area contributed by atoms with E-state index in [1.54, 1.807) is 12.5 Å². The summed E-state index contributed by atoms with van der Waals surface area (Å²) < 4.78 is 11.4. The number of amides is 1. The minimum atomic E-state index is 0.0366. The summed E-state index contributed by atoms with van der Waals surface area (Å²) in [6.07, 6.45) is 5.34. The Morgan fingerprint density at radius 3 is 2.96 bits per heavy atom. The highest BCUT2D eigenvalue weighted by Crippen LogP contribution is 2.23. The van der Waals surface area contributed by atoms with Crippen LogP contribution in [-0.2, 0) is 11.3 Å². The molecule has 0 spiro atoms. The van der Waals surface area contributed by atoms with Crippen LogP contribution in [-0.4, -0.2) is 35.0 Å². The molecule has 2 aromatic heterocycles. The lowest BCUT2D eigenvalue weighted by molar-refractivity contribution is -0.00785. The molecule has 0 saturated carbocycles. The SMILES string of the molecule is O=C(c1cccc(-c2ccco2)c1)N1CCC[C@H](OCc2ccccn2)C1. The largest absolute Gasteiger partial charge is 0.464 e. The Morgan fingerprint density at radius 1 is 1.19 bits per heavy atom. The fourth-order valence-corrected chi connectivity index (χ4v) is 3.38. The standard InChI is InChI=1S/C22H22N2O3/c25-22(18-7-3-6-17(14-18)21-10-5-13-26-21)24-12-4-9-20(15-24)27-16-19-8-1-2-11-23-19/h1-3,5-8,10-11,13-14,20H,4,9,12,15-16H2/t20-/m0/s1. The second-order valence-electron chi connectivity index (χ2n) is 6.71. The number of nitrogens with zero attached hydrogens (tertiary/aromatic N) is 2. The van der Waals surface area contributed by atoms with Gasteiger partial charge in [0.1, 0.15) is 5.76 Å². The Balaban J connectivity index is 1.40. The van der Waals surface area contributed by atoms with Gasteiger partial charge in [-0.2, -0.15) is 0 Å². The summed E-state index contributed by atoms with van der Waals surface area (Å²) in [7, 11) is 0. The number of carbonyl (C=O) groups excluding carboxylic acids is 1. The molecule has 1 fully saturated rings. The van der Waals surface area contributed by atoms with Crippen LogP contribution in [0.15, 0.2) is 71.5 Å². The number of hydrogen-bond donors (Lipinski definition) is 0. The van der Waals surface area contributed by atoms with Gasteiger partial charge in [-0.05, 0) is 49.2 Å². The number of rotatable bonds is 5. The highest BCUT2D eigenvalue weighted by molar-refractivity contribution is 5.95. The predicted molar refractivity (Wildman–Crippen MR) is 102 cm³/mol. The quantitative estimate of drug-likeness (QED) is 0.684. The van der Waals surface area contributed by atoms with Crippen molar-refractivity contribution in [3.8, 4) is 11.3 Å². The number of pyridine rings is 1. The van der Waals surface area contributed by atoms with Crippen LogP contribution in [0.5, 0.6) is 0 Å². The molecule has 0 aliphatic carbocycles. The van der Waals surface area contributed by atoms with Crippen LogP contribution in [0.25, 0.3) is 11.3 Å². The zero-order valence-corrected chi connectivity index (χ0v) is 15.1.